The second-order valence-corrected chi connectivity index (χ2v) is 9.43. The number of fused-ring (bicyclic) bond motifs is 5. The molecule has 146 valence electrons. The van der Waals surface area contributed by atoms with Crippen molar-refractivity contribution in [3.05, 3.63) is 11.6 Å². The Morgan fingerprint density at radius 3 is 2.48 bits per heavy atom. The van der Waals surface area contributed by atoms with Gasteiger partial charge in [0, 0.05) is 24.2 Å². The number of allylic oxidation sites excluding steroid dienone is 1. The Kier molecular flexibility index (Phi) is 3.84. The summed E-state index contributed by atoms with van der Waals surface area (Å²) in [6.45, 7) is 3.80. The number of aliphatic carboxylic acids is 1. The maximum absolute atomic E-state index is 13.3. The average Bonchev–Trinajstić information content (AvgIpc) is 2.86. The summed E-state index contributed by atoms with van der Waals surface area (Å²) >= 11 is 0. The molecule has 6 heteroatoms. The molecule has 6 atom stereocenters. The number of rotatable bonds is 2. The van der Waals surface area contributed by atoms with E-state index in [9.17, 15) is 29.4 Å². The van der Waals surface area contributed by atoms with E-state index in [0.717, 1.165) is 18.4 Å². The number of carboxylic acids is 1. The molecule has 0 aromatic heterocycles. The molecular weight excluding hydrogens is 348 g/mol. The zero-order valence-electron chi connectivity index (χ0n) is 15.8. The minimum absolute atomic E-state index is 0.000266. The molecule has 0 aromatic carbocycles. The van der Waals surface area contributed by atoms with Gasteiger partial charge in [0.2, 0.25) is 0 Å². The Hall–Kier alpha value is -1.82. The highest BCUT2D eigenvalue weighted by Gasteiger charge is 2.69. The molecule has 0 aliphatic heterocycles. The van der Waals surface area contributed by atoms with Crippen LogP contribution in [0.2, 0.25) is 0 Å². The van der Waals surface area contributed by atoms with E-state index in [2.05, 4.69) is 6.92 Å². The van der Waals surface area contributed by atoms with Crippen LogP contribution in [0.1, 0.15) is 58.8 Å². The molecule has 4 aliphatic carbocycles. The van der Waals surface area contributed by atoms with Gasteiger partial charge in [-0.3, -0.25) is 14.4 Å². The Morgan fingerprint density at radius 1 is 1.11 bits per heavy atom. The third kappa shape index (κ3) is 2.22. The van der Waals surface area contributed by atoms with Crippen LogP contribution >= 0.6 is 0 Å². The second-order valence-electron chi connectivity index (χ2n) is 9.43. The maximum Gasteiger partial charge on any atom is 0.375 e. The summed E-state index contributed by atoms with van der Waals surface area (Å²) in [6, 6.07) is 0. The lowest BCUT2D eigenvalue weighted by Crippen LogP contribution is -2.61. The van der Waals surface area contributed by atoms with Gasteiger partial charge in [-0.1, -0.05) is 19.4 Å². The van der Waals surface area contributed by atoms with Crippen LogP contribution in [-0.4, -0.2) is 39.1 Å². The van der Waals surface area contributed by atoms with Gasteiger partial charge in [-0.2, -0.15) is 0 Å². The standard InChI is InChI=1S/C21H26O6/c1-19-7-5-12(22)9-11(19)3-4-13-14-6-8-21(27,17(24)18(25)26)20(14,2)10-15(23)16(13)19/h9,13-14,16,27H,3-8,10H2,1-2H3,(H,25,26)/t13-,14-,16+,19-,20-,21-/m0/s1. The zero-order chi connectivity index (χ0) is 19.8. The van der Waals surface area contributed by atoms with Gasteiger partial charge in [0.15, 0.2) is 5.78 Å². The normalized spacial score (nSPS) is 46.2. The van der Waals surface area contributed by atoms with Crippen molar-refractivity contribution in [2.45, 2.75) is 64.4 Å². The topological polar surface area (TPSA) is 109 Å². The van der Waals surface area contributed by atoms with Crippen molar-refractivity contribution in [2.24, 2.45) is 28.6 Å². The van der Waals surface area contributed by atoms with E-state index in [4.69, 9.17) is 0 Å². The molecule has 6 nitrogen and oxygen atoms in total. The molecule has 0 unspecified atom stereocenters. The number of aliphatic hydroxyl groups is 1. The van der Waals surface area contributed by atoms with Crippen molar-refractivity contribution in [2.75, 3.05) is 0 Å². The highest BCUT2D eigenvalue weighted by atomic mass is 16.4. The van der Waals surface area contributed by atoms with E-state index in [0.29, 0.717) is 19.3 Å². The van der Waals surface area contributed by atoms with Gasteiger partial charge < -0.3 is 10.2 Å². The van der Waals surface area contributed by atoms with Crippen molar-refractivity contribution in [1.82, 2.24) is 0 Å². The molecule has 0 spiro atoms. The predicted octanol–water partition coefficient (Wildman–Crippen LogP) is 2.08. The van der Waals surface area contributed by atoms with Crippen LogP contribution in [0.15, 0.2) is 11.6 Å². The fourth-order valence-electron chi connectivity index (χ4n) is 6.94. The summed E-state index contributed by atoms with van der Waals surface area (Å²) < 4.78 is 0. The molecule has 0 amide bonds. The molecular formula is C21H26O6. The van der Waals surface area contributed by atoms with Gasteiger partial charge >= 0.3 is 5.97 Å². The Labute approximate surface area is 158 Å². The van der Waals surface area contributed by atoms with Crippen LogP contribution in [0.3, 0.4) is 0 Å². The molecule has 0 saturated heterocycles. The molecule has 0 radical (unpaired) electrons. The number of hydrogen-bond acceptors (Lipinski definition) is 5. The quantitative estimate of drug-likeness (QED) is 0.717. The van der Waals surface area contributed by atoms with E-state index in [1.807, 2.05) is 0 Å². The largest absolute Gasteiger partial charge is 0.475 e. The van der Waals surface area contributed by atoms with Gasteiger partial charge in [0.1, 0.15) is 11.4 Å². The molecule has 4 aliphatic rings. The SMILES string of the molecule is C[C@]12CCC(=O)C=C1CC[C@@H]1[C@@H]2C(=O)C[C@@]2(C)[C@H]1CC[C@]2(O)C(=O)C(=O)O. The van der Waals surface area contributed by atoms with E-state index >= 15 is 0 Å². The first kappa shape index (κ1) is 18.5. The average molecular weight is 374 g/mol. The third-order valence-corrected chi connectivity index (χ3v) is 8.38. The lowest BCUT2D eigenvalue weighted by atomic mass is 9.46. The van der Waals surface area contributed by atoms with Crippen molar-refractivity contribution < 1.29 is 29.4 Å². The minimum atomic E-state index is -1.98. The van der Waals surface area contributed by atoms with Crippen LogP contribution < -0.4 is 0 Å². The molecule has 0 heterocycles. The molecule has 3 fully saturated rings. The maximum atomic E-state index is 13.3. The van der Waals surface area contributed by atoms with Gasteiger partial charge in [-0.15, -0.1) is 0 Å². The highest BCUT2D eigenvalue weighted by Crippen LogP contribution is 2.66. The fraction of sp³-hybridized carbons (Fsp3) is 0.714. The monoisotopic (exact) mass is 374 g/mol. The zero-order valence-corrected chi connectivity index (χ0v) is 15.8. The molecule has 4 rings (SSSR count). The van der Waals surface area contributed by atoms with Gasteiger partial charge in [-0.05, 0) is 55.4 Å². The predicted molar refractivity (Wildman–Crippen MR) is 94.7 cm³/mol. The first-order chi connectivity index (χ1) is 12.5. The lowest BCUT2D eigenvalue weighted by molar-refractivity contribution is -0.176. The van der Waals surface area contributed by atoms with Crippen molar-refractivity contribution >= 4 is 23.3 Å². The van der Waals surface area contributed by atoms with E-state index in [1.165, 1.54) is 0 Å². The summed E-state index contributed by atoms with van der Waals surface area (Å²) in [7, 11) is 0. The molecule has 27 heavy (non-hydrogen) atoms. The van der Waals surface area contributed by atoms with Crippen molar-refractivity contribution in [1.29, 1.82) is 0 Å². The van der Waals surface area contributed by atoms with Crippen LogP contribution in [-0.2, 0) is 19.2 Å². The molecule has 3 saturated carbocycles. The number of carbonyl (C=O) groups excluding carboxylic acids is 3. The highest BCUT2D eigenvalue weighted by molar-refractivity contribution is 6.36. The summed E-state index contributed by atoms with van der Waals surface area (Å²) in [5.74, 6) is -2.97. The number of hydrogen-bond donors (Lipinski definition) is 2. The smallest absolute Gasteiger partial charge is 0.375 e. The summed E-state index contributed by atoms with van der Waals surface area (Å²) in [6.07, 6.45) is 4.97. The molecule has 0 bridgehead atoms. The first-order valence-electron chi connectivity index (χ1n) is 9.81. The summed E-state index contributed by atoms with van der Waals surface area (Å²) in [5.41, 5.74) is -2.30. The van der Waals surface area contributed by atoms with Crippen LogP contribution in [0, 0.1) is 28.6 Å². The number of carboxylic acid groups (broad SMARTS) is 1. The van der Waals surface area contributed by atoms with Crippen molar-refractivity contribution in [3.8, 4) is 0 Å². The summed E-state index contributed by atoms with van der Waals surface area (Å²) in [5, 5.41) is 20.3. The van der Waals surface area contributed by atoms with Crippen LogP contribution in [0.25, 0.3) is 0 Å². The first-order valence-corrected chi connectivity index (χ1v) is 9.81. The van der Waals surface area contributed by atoms with Crippen LogP contribution in [0.4, 0.5) is 0 Å². The Morgan fingerprint density at radius 2 is 1.81 bits per heavy atom. The molecule has 0 aromatic rings. The van der Waals surface area contributed by atoms with E-state index in [1.54, 1.807) is 13.0 Å². The van der Waals surface area contributed by atoms with Gasteiger partial charge in [-0.25, -0.2) is 4.79 Å². The molecule has 2 N–H and O–H groups in total. The number of Topliss-reactive ketones (excluding diaryl/α,β-unsaturated/α-hetero) is 2. The minimum Gasteiger partial charge on any atom is -0.475 e. The Bertz CT molecular complexity index is 796. The van der Waals surface area contributed by atoms with Gasteiger partial charge in [0.25, 0.3) is 5.78 Å². The van der Waals surface area contributed by atoms with E-state index in [-0.39, 0.29) is 47.6 Å². The Balaban J connectivity index is 1.75. The second kappa shape index (κ2) is 5.60. The third-order valence-electron chi connectivity index (χ3n) is 8.38. The van der Waals surface area contributed by atoms with Crippen molar-refractivity contribution in [3.63, 3.8) is 0 Å². The number of ketones is 3. The number of carbonyl (C=O) groups is 4. The van der Waals surface area contributed by atoms with Gasteiger partial charge in [0.05, 0.1) is 0 Å². The van der Waals surface area contributed by atoms with Crippen LogP contribution in [0.5, 0.6) is 0 Å². The fourth-order valence-corrected chi connectivity index (χ4v) is 6.94. The van der Waals surface area contributed by atoms with E-state index < -0.39 is 22.8 Å². The lowest BCUT2D eigenvalue weighted by Gasteiger charge is -2.57. The summed E-state index contributed by atoms with van der Waals surface area (Å²) in [4.78, 5) is 48.8.